The summed E-state index contributed by atoms with van der Waals surface area (Å²) in [5.74, 6) is 0.907. The van der Waals surface area contributed by atoms with Gasteiger partial charge in [0.2, 0.25) is 0 Å². The first-order valence-electron chi connectivity index (χ1n) is 5.29. The van der Waals surface area contributed by atoms with Crippen LogP contribution < -0.4 is 16.2 Å². The number of benzene rings is 1. The number of rotatable bonds is 5. The monoisotopic (exact) mass is 244 g/mol. The lowest BCUT2D eigenvalue weighted by molar-refractivity contribution is 0.411. The van der Waals surface area contributed by atoms with Crippen LogP contribution in [0.4, 0.5) is 0 Å². The van der Waals surface area contributed by atoms with E-state index in [1.165, 1.54) is 0 Å². The van der Waals surface area contributed by atoms with Crippen molar-refractivity contribution in [2.45, 2.75) is 25.8 Å². The molecule has 0 spiro atoms. The minimum atomic E-state index is 0. The summed E-state index contributed by atoms with van der Waals surface area (Å²) in [5.41, 5.74) is 13.8. The fraction of sp³-hybridized carbons (Fsp3) is 0.500. The molecule has 1 rings (SSSR count). The van der Waals surface area contributed by atoms with Gasteiger partial charge in [-0.05, 0) is 43.5 Å². The van der Waals surface area contributed by atoms with Crippen molar-refractivity contribution in [2.75, 3.05) is 13.7 Å². The van der Waals surface area contributed by atoms with Crippen LogP contribution in [0.15, 0.2) is 18.2 Å². The van der Waals surface area contributed by atoms with Gasteiger partial charge in [-0.25, -0.2) is 0 Å². The summed E-state index contributed by atoms with van der Waals surface area (Å²) in [6.07, 6.45) is 1.90. The van der Waals surface area contributed by atoms with Crippen LogP contribution in [-0.4, -0.2) is 13.7 Å². The molecule has 0 bridgehead atoms. The first-order chi connectivity index (χ1) is 7.19. The molecule has 4 N–H and O–H groups in total. The van der Waals surface area contributed by atoms with Crippen LogP contribution in [0.1, 0.15) is 30.0 Å². The largest absolute Gasteiger partial charge is 0.496 e. The van der Waals surface area contributed by atoms with Gasteiger partial charge in [-0.15, -0.1) is 12.4 Å². The van der Waals surface area contributed by atoms with Gasteiger partial charge < -0.3 is 16.2 Å². The van der Waals surface area contributed by atoms with Gasteiger partial charge in [0.05, 0.1) is 7.11 Å². The van der Waals surface area contributed by atoms with Gasteiger partial charge in [0.25, 0.3) is 0 Å². The van der Waals surface area contributed by atoms with Gasteiger partial charge in [-0.3, -0.25) is 0 Å². The summed E-state index contributed by atoms with van der Waals surface area (Å²) in [7, 11) is 1.68. The number of methoxy groups -OCH3 is 1. The summed E-state index contributed by atoms with van der Waals surface area (Å²) in [6, 6.07) is 6.15. The molecule has 0 saturated heterocycles. The fourth-order valence-electron chi connectivity index (χ4n) is 1.64. The molecule has 0 aromatic heterocycles. The Morgan fingerprint density at radius 2 is 2.06 bits per heavy atom. The highest BCUT2D eigenvalue weighted by Gasteiger charge is 2.07. The van der Waals surface area contributed by atoms with E-state index < -0.39 is 0 Å². The number of aryl methyl sites for hydroxylation is 1. The minimum absolute atomic E-state index is 0. The Kier molecular flexibility index (Phi) is 7.13. The molecule has 1 aromatic carbocycles. The SMILES string of the molecule is COc1ccc([C@@H](N)CCCN)cc1C.Cl. The van der Waals surface area contributed by atoms with Gasteiger partial charge in [0.1, 0.15) is 5.75 Å². The molecule has 92 valence electrons. The van der Waals surface area contributed by atoms with Crippen molar-refractivity contribution in [2.24, 2.45) is 11.5 Å². The lowest BCUT2D eigenvalue weighted by atomic mass is 10.0. The van der Waals surface area contributed by atoms with Gasteiger partial charge >= 0.3 is 0 Å². The predicted octanol–water partition coefficient (Wildman–Crippen LogP) is 2.16. The third kappa shape index (κ3) is 4.00. The number of hydrogen-bond donors (Lipinski definition) is 2. The van der Waals surface area contributed by atoms with Crippen molar-refractivity contribution < 1.29 is 4.74 Å². The molecule has 16 heavy (non-hydrogen) atoms. The van der Waals surface area contributed by atoms with E-state index in [1.54, 1.807) is 7.11 Å². The summed E-state index contributed by atoms with van der Waals surface area (Å²) in [4.78, 5) is 0. The zero-order chi connectivity index (χ0) is 11.3. The summed E-state index contributed by atoms with van der Waals surface area (Å²) < 4.78 is 5.20. The van der Waals surface area contributed by atoms with Crippen molar-refractivity contribution in [3.05, 3.63) is 29.3 Å². The molecule has 1 aromatic rings. The van der Waals surface area contributed by atoms with Crippen molar-refractivity contribution >= 4 is 12.4 Å². The Labute approximate surface area is 104 Å². The zero-order valence-electron chi connectivity index (χ0n) is 9.90. The van der Waals surface area contributed by atoms with E-state index in [-0.39, 0.29) is 18.4 Å². The lowest BCUT2D eigenvalue weighted by Crippen LogP contribution is -2.12. The maximum absolute atomic E-state index is 6.05. The third-order valence-corrected chi connectivity index (χ3v) is 2.57. The maximum atomic E-state index is 6.05. The molecule has 1 atom stereocenters. The Bertz CT molecular complexity index is 318. The molecule has 0 saturated carbocycles. The standard InChI is InChI=1S/C12H20N2O.ClH/c1-9-8-10(5-6-12(9)15-2)11(14)4-3-7-13;/h5-6,8,11H,3-4,7,13-14H2,1-2H3;1H/t11-;/m0./s1. The molecule has 0 aliphatic rings. The van der Waals surface area contributed by atoms with E-state index in [0.29, 0.717) is 6.54 Å². The summed E-state index contributed by atoms with van der Waals surface area (Å²) in [6.45, 7) is 2.72. The molecular weight excluding hydrogens is 224 g/mol. The van der Waals surface area contributed by atoms with Gasteiger partial charge in [-0.1, -0.05) is 12.1 Å². The molecule has 0 aliphatic carbocycles. The van der Waals surface area contributed by atoms with Crippen LogP contribution in [0.25, 0.3) is 0 Å². The molecule has 0 radical (unpaired) electrons. The second-order valence-electron chi connectivity index (χ2n) is 3.77. The molecule has 4 heteroatoms. The second kappa shape index (κ2) is 7.49. The number of nitrogens with two attached hydrogens (primary N) is 2. The molecule has 0 amide bonds. The van der Waals surface area contributed by atoms with Crippen molar-refractivity contribution in [3.8, 4) is 5.75 Å². The van der Waals surface area contributed by atoms with E-state index in [4.69, 9.17) is 16.2 Å². The quantitative estimate of drug-likeness (QED) is 0.835. The minimum Gasteiger partial charge on any atom is -0.496 e. The smallest absolute Gasteiger partial charge is 0.121 e. The Morgan fingerprint density at radius 1 is 1.38 bits per heavy atom. The van der Waals surface area contributed by atoms with Crippen LogP contribution in [0.5, 0.6) is 5.75 Å². The van der Waals surface area contributed by atoms with Gasteiger partial charge in [0, 0.05) is 6.04 Å². The highest BCUT2D eigenvalue weighted by atomic mass is 35.5. The van der Waals surface area contributed by atoms with E-state index in [2.05, 4.69) is 6.07 Å². The lowest BCUT2D eigenvalue weighted by Gasteiger charge is -2.13. The average molecular weight is 245 g/mol. The number of halogens is 1. The summed E-state index contributed by atoms with van der Waals surface area (Å²) in [5, 5.41) is 0. The Morgan fingerprint density at radius 3 is 2.56 bits per heavy atom. The van der Waals surface area contributed by atoms with Crippen LogP contribution in [-0.2, 0) is 0 Å². The normalized spacial score (nSPS) is 11.8. The van der Waals surface area contributed by atoms with E-state index in [1.807, 2.05) is 19.1 Å². The number of hydrogen-bond acceptors (Lipinski definition) is 3. The van der Waals surface area contributed by atoms with E-state index in [0.717, 1.165) is 29.7 Å². The fourth-order valence-corrected chi connectivity index (χ4v) is 1.64. The van der Waals surface area contributed by atoms with Gasteiger partial charge in [0.15, 0.2) is 0 Å². The first-order valence-corrected chi connectivity index (χ1v) is 5.29. The van der Waals surface area contributed by atoms with Crippen LogP contribution >= 0.6 is 12.4 Å². The maximum Gasteiger partial charge on any atom is 0.121 e. The molecular formula is C12H21ClN2O. The first kappa shape index (κ1) is 15.2. The molecule has 0 heterocycles. The Balaban J connectivity index is 0.00000225. The third-order valence-electron chi connectivity index (χ3n) is 2.57. The second-order valence-corrected chi connectivity index (χ2v) is 3.77. The highest BCUT2D eigenvalue weighted by molar-refractivity contribution is 5.85. The van der Waals surface area contributed by atoms with E-state index >= 15 is 0 Å². The van der Waals surface area contributed by atoms with Crippen LogP contribution in [0, 0.1) is 6.92 Å². The predicted molar refractivity (Wildman–Crippen MR) is 70.2 cm³/mol. The van der Waals surface area contributed by atoms with Crippen LogP contribution in [0.2, 0.25) is 0 Å². The highest BCUT2D eigenvalue weighted by Crippen LogP contribution is 2.23. The zero-order valence-corrected chi connectivity index (χ0v) is 10.7. The van der Waals surface area contributed by atoms with Crippen LogP contribution in [0.3, 0.4) is 0 Å². The average Bonchev–Trinajstić information content (AvgIpc) is 2.25. The van der Waals surface area contributed by atoms with Crippen molar-refractivity contribution in [1.82, 2.24) is 0 Å². The van der Waals surface area contributed by atoms with Crippen molar-refractivity contribution in [1.29, 1.82) is 0 Å². The molecule has 0 unspecified atom stereocenters. The van der Waals surface area contributed by atoms with Crippen molar-refractivity contribution in [3.63, 3.8) is 0 Å². The Hall–Kier alpha value is -0.770. The topological polar surface area (TPSA) is 61.3 Å². The molecule has 0 fully saturated rings. The van der Waals surface area contributed by atoms with Gasteiger partial charge in [-0.2, -0.15) is 0 Å². The summed E-state index contributed by atoms with van der Waals surface area (Å²) >= 11 is 0. The van der Waals surface area contributed by atoms with E-state index in [9.17, 15) is 0 Å². The molecule has 3 nitrogen and oxygen atoms in total. The molecule has 0 aliphatic heterocycles. The number of ether oxygens (including phenoxy) is 1.